The minimum Gasteiger partial charge on any atom is -0.480 e. The van der Waals surface area contributed by atoms with Gasteiger partial charge in [0.25, 0.3) is 0 Å². The number of benzene rings is 1. The summed E-state index contributed by atoms with van der Waals surface area (Å²) in [6.45, 7) is -0.284. The van der Waals surface area contributed by atoms with E-state index in [1.54, 1.807) is 0 Å². The highest BCUT2D eigenvalue weighted by Gasteiger charge is 2.02. The molecule has 0 heterocycles. The number of halogens is 1. The molecule has 70 valence electrons. The third-order valence-electron chi connectivity index (χ3n) is 1.45. The third kappa shape index (κ3) is 2.62. The minimum absolute atomic E-state index is 0.284. The number of carbonyl (C=O) groups is 1. The first-order chi connectivity index (χ1) is 6.09. The molecule has 0 saturated heterocycles. The van der Waals surface area contributed by atoms with Crippen molar-refractivity contribution in [3.05, 3.63) is 24.0 Å². The van der Waals surface area contributed by atoms with E-state index in [4.69, 9.17) is 10.8 Å². The topological polar surface area (TPSA) is 75.3 Å². The number of nitrogens with one attached hydrogen (secondary N) is 1. The fraction of sp³-hybridized carbons (Fsp3) is 0.125. The van der Waals surface area contributed by atoms with Gasteiger partial charge in [0.15, 0.2) is 0 Å². The number of hydrogen-bond acceptors (Lipinski definition) is 3. The molecule has 0 fully saturated rings. The van der Waals surface area contributed by atoms with Gasteiger partial charge < -0.3 is 16.2 Å². The van der Waals surface area contributed by atoms with Crippen molar-refractivity contribution in [3.63, 3.8) is 0 Å². The van der Waals surface area contributed by atoms with Gasteiger partial charge in [-0.3, -0.25) is 4.79 Å². The molecule has 0 spiro atoms. The molecule has 4 N–H and O–H groups in total. The number of carboxylic acid groups (broad SMARTS) is 1. The Bertz CT molecular complexity index is 328. The standard InChI is InChI=1S/C8H9FN2O2/c9-5-1-2-6(10)7(3-5)11-4-8(12)13/h1-3,11H,4,10H2,(H,12,13). The fourth-order valence-corrected chi connectivity index (χ4v) is 0.852. The maximum absolute atomic E-state index is 12.6. The van der Waals surface area contributed by atoms with Gasteiger partial charge in [-0.2, -0.15) is 0 Å². The molecular formula is C8H9FN2O2. The lowest BCUT2D eigenvalue weighted by molar-refractivity contribution is -0.134. The van der Waals surface area contributed by atoms with Crippen LogP contribution < -0.4 is 11.1 Å². The maximum Gasteiger partial charge on any atom is 0.322 e. The summed E-state index contributed by atoms with van der Waals surface area (Å²) in [6.07, 6.45) is 0. The monoisotopic (exact) mass is 184 g/mol. The first-order valence-corrected chi connectivity index (χ1v) is 3.60. The number of nitrogen functional groups attached to an aromatic ring is 1. The van der Waals surface area contributed by atoms with Gasteiger partial charge in [0.1, 0.15) is 12.4 Å². The van der Waals surface area contributed by atoms with E-state index < -0.39 is 11.8 Å². The SMILES string of the molecule is Nc1ccc(F)cc1NCC(=O)O. The molecule has 0 unspecified atom stereocenters. The number of nitrogens with two attached hydrogens (primary N) is 1. The second-order valence-electron chi connectivity index (χ2n) is 2.48. The molecule has 4 nitrogen and oxygen atoms in total. The molecule has 0 atom stereocenters. The lowest BCUT2D eigenvalue weighted by atomic mass is 10.2. The van der Waals surface area contributed by atoms with E-state index in [0.717, 1.165) is 6.07 Å². The van der Waals surface area contributed by atoms with Crippen LogP contribution in [0.1, 0.15) is 0 Å². The number of anilines is 2. The van der Waals surface area contributed by atoms with Gasteiger partial charge >= 0.3 is 5.97 Å². The molecule has 0 aromatic heterocycles. The van der Waals surface area contributed by atoms with Crippen molar-refractivity contribution in [1.82, 2.24) is 0 Å². The number of hydrogen-bond donors (Lipinski definition) is 3. The van der Waals surface area contributed by atoms with Crippen LogP contribution in [0.15, 0.2) is 18.2 Å². The van der Waals surface area contributed by atoms with E-state index in [9.17, 15) is 9.18 Å². The van der Waals surface area contributed by atoms with Gasteiger partial charge in [0, 0.05) is 0 Å². The van der Waals surface area contributed by atoms with Crippen LogP contribution in [-0.4, -0.2) is 17.6 Å². The molecule has 0 aliphatic rings. The van der Waals surface area contributed by atoms with Crippen LogP contribution in [0.25, 0.3) is 0 Å². The normalized spacial score (nSPS) is 9.62. The Balaban J connectivity index is 2.75. The Morgan fingerprint density at radius 2 is 2.31 bits per heavy atom. The molecule has 1 aromatic carbocycles. The van der Waals surface area contributed by atoms with E-state index in [1.165, 1.54) is 12.1 Å². The average molecular weight is 184 g/mol. The lowest BCUT2D eigenvalue weighted by Gasteiger charge is -2.06. The smallest absolute Gasteiger partial charge is 0.322 e. The first kappa shape index (κ1) is 9.31. The van der Waals surface area contributed by atoms with E-state index >= 15 is 0 Å². The predicted molar refractivity (Wildman–Crippen MR) is 46.9 cm³/mol. The van der Waals surface area contributed by atoms with Crippen LogP contribution in [0, 0.1) is 5.82 Å². The van der Waals surface area contributed by atoms with Crippen LogP contribution >= 0.6 is 0 Å². The number of carboxylic acids is 1. The molecule has 5 heteroatoms. The summed E-state index contributed by atoms with van der Waals surface area (Å²) in [5.41, 5.74) is 6.07. The van der Waals surface area contributed by atoms with Crippen molar-refractivity contribution in [2.45, 2.75) is 0 Å². The Kier molecular flexibility index (Phi) is 2.69. The summed E-state index contributed by atoms with van der Waals surface area (Å²) in [4.78, 5) is 10.2. The molecule has 0 saturated carbocycles. The summed E-state index contributed by atoms with van der Waals surface area (Å²) >= 11 is 0. The first-order valence-electron chi connectivity index (χ1n) is 3.60. The van der Waals surface area contributed by atoms with Gasteiger partial charge in [-0.05, 0) is 18.2 Å². The third-order valence-corrected chi connectivity index (χ3v) is 1.45. The Morgan fingerprint density at radius 3 is 2.92 bits per heavy atom. The molecule has 1 rings (SSSR count). The zero-order valence-electron chi connectivity index (χ0n) is 6.75. The highest BCUT2D eigenvalue weighted by molar-refractivity contribution is 5.75. The molecule has 0 bridgehead atoms. The molecular weight excluding hydrogens is 175 g/mol. The minimum atomic E-state index is -1.02. The summed E-state index contributed by atoms with van der Waals surface area (Å²) in [7, 11) is 0. The number of aliphatic carboxylic acids is 1. The highest BCUT2D eigenvalue weighted by atomic mass is 19.1. The molecule has 0 amide bonds. The van der Waals surface area contributed by atoms with Crippen molar-refractivity contribution in [3.8, 4) is 0 Å². The summed E-state index contributed by atoms with van der Waals surface area (Å²) < 4.78 is 12.6. The predicted octanol–water partition coefficient (Wildman–Crippen LogP) is 0.904. The fourth-order valence-electron chi connectivity index (χ4n) is 0.852. The van der Waals surface area contributed by atoms with Crippen LogP contribution in [0.4, 0.5) is 15.8 Å². The highest BCUT2D eigenvalue weighted by Crippen LogP contribution is 2.18. The van der Waals surface area contributed by atoms with Crippen molar-refractivity contribution >= 4 is 17.3 Å². The van der Waals surface area contributed by atoms with Gasteiger partial charge in [0.2, 0.25) is 0 Å². The zero-order valence-corrected chi connectivity index (χ0v) is 6.75. The average Bonchev–Trinajstić information content (AvgIpc) is 2.06. The maximum atomic E-state index is 12.6. The Hall–Kier alpha value is -1.78. The van der Waals surface area contributed by atoms with E-state index in [2.05, 4.69) is 5.32 Å². The quantitative estimate of drug-likeness (QED) is 0.610. The van der Waals surface area contributed by atoms with Crippen LogP contribution in [0.5, 0.6) is 0 Å². The molecule has 0 radical (unpaired) electrons. The summed E-state index contributed by atoms with van der Waals surface area (Å²) in [5.74, 6) is -1.48. The van der Waals surface area contributed by atoms with Crippen molar-refractivity contribution in [2.75, 3.05) is 17.6 Å². The Labute approximate surface area is 74.2 Å². The lowest BCUT2D eigenvalue weighted by Crippen LogP contribution is -2.13. The number of rotatable bonds is 3. The van der Waals surface area contributed by atoms with Crippen LogP contribution in [0.3, 0.4) is 0 Å². The molecule has 0 aliphatic heterocycles. The van der Waals surface area contributed by atoms with Crippen molar-refractivity contribution in [2.24, 2.45) is 0 Å². The largest absolute Gasteiger partial charge is 0.480 e. The van der Waals surface area contributed by atoms with E-state index in [0.29, 0.717) is 11.4 Å². The van der Waals surface area contributed by atoms with Gasteiger partial charge in [-0.25, -0.2) is 4.39 Å². The van der Waals surface area contributed by atoms with Crippen LogP contribution in [-0.2, 0) is 4.79 Å². The van der Waals surface area contributed by atoms with Crippen molar-refractivity contribution < 1.29 is 14.3 Å². The summed E-state index contributed by atoms with van der Waals surface area (Å²) in [5, 5.41) is 10.8. The molecule has 1 aromatic rings. The van der Waals surface area contributed by atoms with Gasteiger partial charge in [0.05, 0.1) is 11.4 Å². The summed E-state index contributed by atoms with van der Waals surface area (Å²) in [6, 6.07) is 3.74. The van der Waals surface area contributed by atoms with Crippen LogP contribution in [0.2, 0.25) is 0 Å². The van der Waals surface area contributed by atoms with E-state index in [-0.39, 0.29) is 6.54 Å². The second-order valence-corrected chi connectivity index (χ2v) is 2.48. The van der Waals surface area contributed by atoms with Gasteiger partial charge in [-0.15, -0.1) is 0 Å². The molecule has 0 aliphatic carbocycles. The molecule has 13 heavy (non-hydrogen) atoms. The second kappa shape index (κ2) is 3.75. The van der Waals surface area contributed by atoms with Crippen molar-refractivity contribution in [1.29, 1.82) is 0 Å². The van der Waals surface area contributed by atoms with E-state index in [1.807, 2.05) is 0 Å². The zero-order chi connectivity index (χ0) is 9.84. The van der Waals surface area contributed by atoms with Gasteiger partial charge in [-0.1, -0.05) is 0 Å². The Morgan fingerprint density at radius 1 is 1.62 bits per heavy atom.